The Hall–Kier alpha value is -1.32. The monoisotopic (exact) mass is 510 g/mol. The van der Waals surface area contributed by atoms with Crippen molar-refractivity contribution in [1.29, 1.82) is 0 Å². The molecule has 5 N–H and O–H groups in total. The van der Waals surface area contributed by atoms with Gasteiger partial charge in [0, 0.05) is 17.8 Å². The summed E-state index contributed by atoms with van der Waals surface area (Å²) in [7, 11) is 0. The Bertz CT molecular complexity index is 936. The van der Waals surface area contributed by atoms with Crippen molar-refractivity contribution in [3.8, 4) is 0 Å². The highest BCUT2D eigenvalue weighted by Gasteiger charge is 2.70. The van der Waals surface area contributed by atoms with Gasteiger partial charge in [-0.25, -0.2) is 4.79 Å². The Labute approximate surface area is 214 Å². The quantitative estimate of drug-likeness (QED) is 0.286. The maximum absolute atomic E-state index is 14.1. The van der Waals surface area contributed by atoms with Crippen LogP contribution in [0.25, 0.3) is 0 Å². The van der Waals surface area contributed by atoms with Crippen LogP contribution < -0.4 is 0 Å². The van der Waals surface area contributed by atoms with Gasteiger partial charge in [-0.3, -0.25) is 4.79 Å². The fraction of sp³-hybridized carbons (Fsp3) is 0.857. The number of aliphatic hydroxyl groups is 5. The smallest absolute Gasteiger partial charge is 0.335 e. The van der Waals surface area contributed by atoms with Gasteiger partial charge in [0.2, 0.25) is 0 Å². The third kappa shape index (κ3) is 3.82. The molecule has 0 amide bonds. The topological polar surface area (TPSA) is 145 Å². The fourth-order valence-electron chi connectivity index (χ4n) is 7.96. The molecule has 206 valence electrons. The molecule has 36 heavy (non-hydrogen) atoms. The first-order valence-electron chi connectivity index (χ1n) is 13.3. The minimum Gasteiger partial charge on any atom is -0.456 e. The van der Waals surface area contributed by atoms with Gasteiger partial charge in [0.1, 0.15) is 12.2 Å². The molecule has 0 aromatic carbocycles. The highest BCUT2D eigenvalue weighted by Crippen LogP contribution is 2.63. The van der Waals surface area contributed by atoms with Gasteiger partial charge in [-0.05, 0) is 56.1 Å². The Balaban J connectivity index is 2.27. The number of rotatable bonds is 4. The molecule has 3 aliphatic rings. The van der Waals surface area contributed by atoms with Crippen LogP contribution in [0.2, 0.25) is 0 Å². The summed E-state index contributed by atoms with van der Waals surface area (Å²) >= 11 is 0. The first-order chi connectivity index (χ1) is 16.3. The van der Waals surface area contributed by atoms with Crippen molar-refractivity contribution in [2.24, 2.45) is 34.5 Å². The molecule has 7 unspecified atom stereocenters. The van der Waals surface area contributed by atoms with Crippen molar-refractivity contribution in [1.82, 2.24) is 0 Å². The summed E-state index contributed by atoms with van der Waals surface area (Å²) in [5.41, 5.74) is -4.96. The van der Waals surface area contributed by atoms with E-state index in [0.29, 0.717) is 12.0 Å². The summed E-state index contributed by atoms with van der Waals surface area (Å²) in [6.07, 6.45) is -4.39. The summed E-state index contributed by atoms with van der Waals surface area (Å²) in [4.78, 5) is 26.8. The van der Waals surface area contributed by atoms with Crippen LogP contribution in [0.5, 0.6) is 0 Å². The number of hydrogen-bond donors (Lipinski definition) is 5. The molecule has 2 bridgehead atoms. The second-order valence-electron chi connectivity index (χ2n) is 12.9. The average molecular weight is 511 g/mol. The van der Waals surface area contributed by atoms with Crippen molar-refractivity contribution >= 4 is 11.8 Å². The minimum absolute atomic E-state index is 0.0382. The number of hydrogen-bond acceptors (Lipinski definition) is 8. The summed E-state index contributed by atoms with van der Waals surface area (Å²) in [5.74, 6) is -3.76. The van der Waals surface area contributed by atoms with Crippen LogP contribution in [0, 0.1) is 34.5 Å². The number of carbonyl (C=O) groups excluding carboxylic acids is 2. The number of fused-ring (bicyclic) bond motifs is 3. The molecule has 2 saturated carbocycles. The molecule has 8 nitrogen and oxygen atoms in total. The number of ketones is 1. The van der Waals surface area contributed by atoms with Crippen LogP contribution in [-0.2, 0) is 14.3 Å². The van der Waals surface area contributed by atoms with E-state index >= 15 is 0 Å². The molecule has 10 atom stereocenters. The lowest BCUT2D eigenvalue weighted by Crippen LogP contribution is -2.72. The van der Waals surface area contributed by atoms with Crippen molar-refractivity contribution < 1.29 is 39.9 Å². The second kappa shape index (κ2) is 9.16. The second-order valence-corrected chi connectivity index (χ2v) is 12.9. The van der Waals surface area contributed by atoms with Gasteiger partial charge in [0.05, 0.1) is 22.7 Å². The SMILES string of the molecule is CC[C@@H]1CC(O)[C@@]2(C)C(=O)C(O)C3=C(C)C(OC(=O)C(O)C(C)C)CC(O)(C(C)C2[C@@]1(C)O)C3(C)C. The van der Waals surface area contributed by atoms with Crippen molar-refractivity contribution in [2.45, 2.75) is 117 Å². The van der Waals surface area contributed by atoms with Gasteiger partial charge in [-0.1, -0.05) is 48.0 Å². The maximum atomic E-state index is 14.1. The number of carbonyl (C=O) groups is 2. The van der Waals surface area contributed by atoms with Crippen LogP contribution >= 0.6 is 0 Å². The molecular weight excluding hydrogens is 464 g/mol. The predicted octanol–water partition coefficient (Wildman–Crippen LogP) is 2.14. The molecule has 0 saturated heterocycles. The van der Waals surface area contributed by atoms with Crippen molar-refractivity contribution in [3.63, 3.8) is 0 Å². The molecule has 0 heterocycles. The van der Waals surface area contributed by atoms with E-state index in [2.05, 4.69) is 0 Å². The first-order valence-corrected chi connectivity index (χ1v) is 13.3. The third-order valence-electron chi connectivity index (χ3n) is 10.4. The molecule has 0 aromatic heterocycles. The number of esters is 1. The van der Waals surface area contributed by atoms with Crippen LogP contribution in [0.15, 0.2) is 11.1 Å². The number of ether oxygens (including phenoxy) is 1. The Morgan fingerprint density at radius 3 is 2.19 bits per heavy atom. The summed E-state index contributed by atoms with van der Waals surface area (Å²) in [5, 5.41) is 57.5. The summed E-state index contributed by atoms with van der Waals surface area (Å²) in [6.45, 7) is 15.5. The molecule has 0 spiro atoms. The summed E-state index contributed by atoms with van der Waals surface area (Å²) < 4.78 is 5.69. The zero-order chi connectivity index (χ0) is 27.8. The van der Waals surface area contributed by atoms with E-state index in [1.165, 1.54) is 0 Å². The van der Waals surface area contributed by atoms with E-state index in [1.807, 2.05) is 6.92 Å². The highest BCUT2D eigenvalue weighted by atomic mass is 16.6. The van der Waals surface area contributed by atoms with E-state index < -0.39 is 70.0 Å². The Morgan fingerprint density at radius 2 is 1.69 bits per heavy atom. The fourth-order valence-corrected chi connectivity index (χ4v) is 7.96. The molecular formula is C28H46O8. The standard InChI is InChI=1S/C28H46O8/c1-10-16-11-18(29)26(8)22(27(16,9)34)15(5)28(35)12-17(36-24(33)20(30)13(2)3)14(4)19(25(28,6)7)21(31)23(26)32/h13,15-18,20-22,29-31,34-35H,10-12H2,1-9H3/t15?,16-,17?,18?,20?,21?,22?,26-,27+,28?/m1/s1. The van der Waals surface area contributed by atoms with E-state index in [1.54, 1.807) is 55.4 Å². The Kier molecular flexibility index (Phi) is 7.44. The average Bonchev–Trinajstić information content (AvgIpc) is 2.77. The predicted molar refractivity (Wildman–Crippen MR) is 134 cm³/mol. The van der Waals surface area contributed by atoms with E-state index in [0.717, 1.165) is 0 Å². The van der Waals surface area contributed by atoms with Crippen LogP contribution in [0.3, 0.4) is 0 Å². The molecule has 0 radical (unpaired) electrons. The van der Waals surface area contributed by atoms with E-state index in [9.17, 15) is 35.1 Å². The van der Waals surface area contributed by atoms with Gasteiger partial charge in [-0.2, -0.15) is 0 Å². The third-order valence-corrected chi connectivity index (χ3v) is 10.4. The zero-order valence-corrected chi connectivity index (χ0v) is 23.2. The highest BCUT2D eigenvalue weighted by molar-refractivity contribution is 5.93. The molecule has 2 fully saturated rings. The largest absolute Gasteiger partial charge is 0.456 e. The van der Waals surface area contributed by atoms with Crippen molar-refractivity contribution in [3.05, 3.63) is 11.1 Å². The molecule has 0 aromatic rings. The van der Waals surface area contributed by atoms with Gasteiger partial charge in [-0.15, -0.1) is 0 Å². The lowest BCUT2D eigenvalue weighted by Gasteiger charge is -2.64. The van der Waals surface area contributed by atoms with Gasteiger partial charge < -0.3 is 30.3 Å². The lowest BCUT2D eigenvalue weighted by atomic mass is 9.42. The normalized spacial score (nSPS) is 45.6. The van der Waals surface area contributed by atoms with Gasteiger partial charge in [0.15, 0.2) is 11.9 Å². The van der Waals surface area contributed by atoms with Gasteiger partial charge in [0.25, 0.3) is 0 Å². The molecule has 3 rings (SSSR count). The lowest BCUT2D eigenvalue weighted by molar-refractivity contribution is -0.246. The van der Waals surface area contributed by atoms with Crippen molar-refractivity contribution in [2.75, 3.05) is 0 Å². The van der Waals surface area contributed by atoms with Gasteiger partial charge >= 0.3 is 5.97 Å². The van der Waals surface area contributed by atoms with Crippen LogP contribution in [0.1, 0.15) is 81.6 Å². The molecule has 3 aliphatic carbocycles. The van der Waals surface area contributed by atoms with Crippen LogP contribution in [0.4, 0.5) is 0 Å². The number of aliphatic hydroxyl groups excluding tert-OH is 3. The molecule has 0 aliphatic heterocycles. The van der Waals surface area contributed by atoms with E-state index in [-0.39, 0.29) is 30.3 Å². The number of Topliss-reactive ketones (excluding diaryl/α,β-unsaturated/α-hetero) is 1. The first kappa shape index (κ1) is 29.2. The Morgan fingerprint density at radius 1 is 1.14 bits per heavy atom. The molecule has 8 heteroatoms. The minimum atomic E-state index is -1.67. The maximum Gasteiger partial charge on any atom is 0.335 e. The summed E-state index contributed by atoms with van der Waals surface area (Å²) in [6, 6.07) is 0. The van der Waals surface area contributed by atoms with Crippen LogP contribution in [-0.4, -0.2) is 72.9 Å². The van der Waals surface area contributed by atoms with E-state index in [4.69, 9.17) is 4.74 Å². The zero-order valence-electron chi connectivity index (χ0n) is 23.2.